The van der Waals surface area contributed by atoms with Crippen molar-refractivity contribution in [1.82, 2.24) is 5.32 Å². The Labute approximate surface area is 182 Å². The minimum Gasteiger partial charge on any atom is -0.496 e. The predicted molar refractivity (Wildman–Crippen MR) is 116 cm³/mol. The van der Waals surface area contributed by atoms with Gasteiger partial charge >= 0.3 is 6.09 Å². The van der Waals surface area contributed by atoms with Crippen molar-refractivity contribution >= 4 is 17.7 Å². The fourth-order valence-electron chi connectivity index (χ4n) is 3.82. The summed E-state index contributed by atoms with van der Waals surface area (Å²) >= 11 is 0. The van der Waals surface area contributed by atoms with Crippen LogP contribution in [0.5, 0.6) is 17.2 Å². The van der Waals surface area contributed by atoms with Crippen LogP contribution in [0.25, 0.3) is 0 Å². The molecular weight excluding hydrogens is 400 g/mol. The Balaban J connectivity index is 2.35. The molecule has 0 aliphatic carbocycles. The highest BCUT2D eigenvalue weighted by molar-refractivity contribution is 6.12. The van der Waals surface area contributed by atoms with E-state index < -0.39 is 17.2 Å². The lowest BCUT2D eigenvalue weighted by atomic mass is 9.82. The van der Waals surface area contributed by atoms with Gasteiger partial charge in [0.25, 0.3) is 5.91 Å². The number of hydrogen-bond donors (Lipinski definition) is 1. The van der Waals surface area contributed by atoms with E-state index in [0.29, 0.717) is 34.1 Å². The van der Waals surface area contributed by atoms with Crippen LogP contribution < -0.4 is 24.4 Å². The number of ether oxygens (including phenoxy) is 4. The lowest BCUT2D eigenvalue weighted by molar-refractivity contribution is -0.122. The Morgan fingerprint density at radius 3 is 2.10 bits per heavy atom. The maximum Gasteiger partial charge on any atom is 0.409 e. The van der Waals surface area contributed by atoms with Crippen LogP contribution in [0.2, 0.25) is 0 Å². The Morgan fingerprint density at radius 1 is 1.00 bits per heavy atom. The number of likely N-dealkylation sites (N-methyl/N-ethyl adjacent to an activating group) is 1. The summed E-state index contributed by atoms with van der Waals surface area (Å²) in [7, 11) is 6.14. The number of anilines is 1. The summed E-state index contributed by atoms with van der Waals surface area (Å²) in [6.07, 6.45) is -0.745. The van der Waals surface area contributed by atoms with E-state index in [1.54, 1.807) is 52.1 Å². The molecule has 0 saturated carbocycles. The molecule has 2 amide bonds. The number of hydrogen-bond acceptors (Lipinski definition) is 6. The molecule has 0 bridgehead atoms. The Kier molecular flexibility index (Phi) is 5.76. The third-order valence-electron chi connectivity index (χ3n) is 5.07. The standard InChI is InChI=1S/C23H28N2O6/c1-22(2,3)31-21(27)24-23(15-10-8-9-11-16(15)25(4)20(23)26)19-17(29-6)12-14(28-5)13-18(19)30-7/h8-13H,1-7H3,(H,24,27). The minimum atomic E-state index is -1.63. The summed E-state index contributed by atoms with van der Waals surface area (Å²) in [5.74, 6) is 0.759. The number of para-hydroxylation sites is 1. The highest BCUT2D eigenvalue weighted by Crippen LogP contribution is 2.51. The number of amides is 2. The number of benzene rings is 2. The van der Waals surface area contributed by atoms with E-state index in [1.165, 1.54) is 26.2 Å². The van der Waals surface area contributed by atoms with Gasteiger partial charge in [-0.15, -0.1) is 0 Å². The summed E-state index contributed by atoms with van der Waals surface area (Å²) in [6, 6.07) is 10.5. The van der Waals surface area contributed by atoms with Gasteiger partial charge < -0.3 is 23.8 Å². The normalized spacial score (nSPS) is 17.8. The zero-order chi connectivity index (χ0) is 23.0. The largest absolute Gasteiger partial charge is 0.496 e. The van der Waals surface area contributed by atoms with Crippen LogP contribution in [-0.4, -0.2) is 46.0 Å². The van der Waals surface area contributed by atoms with Gasteiger partial charge in [-0.1, -0.05) is 18.2 Å². The maximum absolute atomic E-state index is 13.8. The first-order chi connectivity index (χ1) is 14.6. The van der Waals surface area contributed by atoms with Gasteiger partial charge in [0.15, 0.2) is 5.54 Å². The van der Waals surface area contributed by atoms with E-state index >= 15 is 0 Å². The second kappa shape index (κ2) is 8.02. The van der Waals surface area contributed by atoms with E-state index in [9.17, 15) is 9.59 Å². The average Bonchev–Trinajstić information content (AvgIpc) is 2.93. The number of fused-ring (bicyclic) bond motifs is 1. The van der Waals surface area contributed by atoms with Crippen molar-refractivity contribution in [3.63, 3.8) is 0 Å². The van der Waals surface area contributed by atoms with Crippen LogP contribution in [0.3, 0.4) is 0 Å². The molecule has 0 fully saturated rings. The SMILES string of the molecule is COc1cc(OC)c(C2(NC(=O)OC(C)(C)C)C(=O)N(C)c3ccccc32)c(OC)c1. The van der Waals surface area contributed by atoms with Crippen molar-refractivity contribution < 1.29 is 28.5 Å². The predicted octanol–water partition coefficient (Wildman–Crippen LogP) is 3.46. The van der Waals surface area contributed by atoms with E-state index in [1.807, 2.05) is 12.1 Å². The lowest BCUT2D eigenvalue weighted by Gasteiger charge is -2.33. The number of carbonyl (C=O) groups is 2. The smallest absolute Gasteiger partial charge is 0.409 e. The Morgan fingerprint density at radius 2 is 1.58 bits per heavy atom. The quantitative estimate of drug-likeness (QED) is 0.785. The fraction of sp³-hybridized carbons (Fsp3) is 0.391. The monoisotopic (exact) mass is 428 g/mol. The third-order valence-corrected chi connectivity index (χ3v) is 5.07. The van der Waals surface area contributed by atoms with Gasteiger partial charge in [-0.05, 0) is 26.8 Å². The third kappa shape index (κ3) is 3.73. The van der Waals surface area contributed by atoms with Gasteiger partial charge in [-0.3, -0.25) is 10.1 Å². The number of rotatable bonds is 5. The summed E-state index contributed by atoms with van der Waals surface area (Å²) in [5.41, 5.74) is -0.798. The lowest BCUT2D eigenvalue weighted by Crippen LogP contribution is -2.54. The summed E-state index contributed by atoms with van der Waals surface area (Å²) in [5, 5.41) is 2.84. The molecule has 2 aromatic rings. The molecule has 1 unspecified atom stereocenters. The molecule has 1 aliphatic rings. The molecule has 31 heavy (non-hydrogen) atoms. The van der Waals surface area contributed by atoms with Gasteiger partial charge in [0, 0.05) is 30.4 Å². The molecule has 1 N–H and O–H groups in total. The van der Waals surface area contributed by atoms with E-state index in [-0.39, 0.29) is 5.91 Å². The summed E-state index contributed by atoms with van der Waals surface area (Å²) in [4.78, 5) is 28.3. The molecular formula is C23H28N2O6. The van der Waals surface area contributed by atoms with Gasteiger partial charge in [0.1, 0.15) is 22.8 Å². The van der Waals surface area contributed by atoms with Gasteiger partial charge in [-0.2, -0.15) is 0 Å². The molecule has 166 valence electrons. The van der Waals surface area contributed by atoms with Gasteiger partial charge in [-0.25, -0.2) is 4.79 Å². The molecule has 8 nitrogen and oxygen atoms in total. The molecule has 2 aromatic carbocycles. The Bertz CT molecular complexity index is 988. The van der Waals surface area contributed by atoms with Crippen molar-refractivity contribution in [2.24, 2.45) is 0 Å². The molecule has 1 aliphatic heterocycles. The number of alkyl carbamates (subject to hydrolysis) is 1. The highest BCUT2D eigenvalue weighted by atomic mass is 16.6. The van der Waals surface area contributed by atoms with E-state index in [4.69, 9.17) is 18.9 Å². The average molecular weight is 428 g/mol. The van der Waals surface area contributed by atoms with Crippen molar-refractivity contribution in [1.29, 1.82) is 0 Å². The molecule has 3 rings (SSSR count). The van der Waals surface area contributed by atoms with Gasteiger partial charge in [0.05, 0.1) is 26.9 Å². The number of methoxy groups -OCH3 is 3. The van der Waals surface area contributed by atoms with E-state index in [2.05, 4.69) is 5.32 Å². The second-order valence-corrected chi connectivity index (χ2v) is 8.17. The Hall–Kier alpha value is -3.42. The van der Waals surface area contributed by atoms with E-state index in [0.717, 1.165) is 0 Å². The van der Waals surface area contributed by atoms with Gasteiger partial charge in [0.2, 0.25) is 0 Å². The zero-order valence-corrected chi connectivity index (χ0v) is 18.9. The zero-order valence-electron chi connectivity index (χ0n) is 18.9. The number of nitrogens with one attached hydrogen (secondary N) is 1. The fourth-order valence-corrected chi connectivity index (χ4v) is 3.82. The van der Waals surface area contributed by atoms with Crippen LogP contribution in [0.15, 0.2) is 36.4 Å². The number of carbonyl (C=O) groups excluding carboxylic acids is 2. The highest BCUT2D eigenvalue weighted by Gasteiger charge is 2.56. The van der Waals surface area contributed by atoms with Crippen LogP contribution in [0.4, 0.5) is 10.5 Å². The minimum absolute atomic E-state index is 0.325. The molecule has 0 radical (unpaired) electrons. The maximum atomic E-state index is 13.8. The molecule has 1 heterocycles. The summed E-state index contributed by atoms with van der Waals surface area (Å²) in [6.45, 7) is 5.26. The van der Waals surface area contributed by atoms with Crippen LogP contribution in [-0.2, 0) is 15.1 Å². The van der Waals surface area contributed by atoms with Crippen molar-refractivity contribution in [2.45, 2.75) is 31.9 Å². The van der Waals surface area contributed by atoms with Crippen LogP contribution in [0, 0.1) is 0 Å². The molecule has 0 spiro atoms. The van der Waals surface area contributed by atoms with Crippen LogP contribution >= 0.6 is 0 Å². The summed E-state index contributed by atoms with van der Waals surface area (Å²) < 4.78 is 22.1. The first-order valence-corrected chi connectivity index (χ1v) is 9.78. The van der Waals surface area contributed by atoms with Crippen molar-refractivity contribution in [2.75, 3.05) is 33.3 Å². The van der Waals surface area contributed by atoms with Crippen molar-refractivity contribution in [3.05, 3.63) is 47.5 Å². The second-order valence-electron chi connectivity index (χ2n) is 8.17. The number of nitrogens with zero attached hydrogens (tertiary/aromatic N) is 1. The first-order valence-electron chi connectivity index (χ1n) is 9.78. The molecule has 1 atom stereocenters. The molecule has 0 aromatic heterocycles. The van der Waals surface area contributed by atoms with Crippen molar-refractivity contribution in [3.8, 4) is 17.2 Å². The topological polar surface area (TPSA) is 86.3 Å². The molecule has 0 saturated heterocycles. The first kappa shape index (κ1) is 22.3. The molecule has 8 heteroatoms. The van der Waals surface area contributed by atoms with Crippen LogP contribution in [0.1, 0.15) is 31.9 Å².